The largest absolute Gasteiger partial charge is 0.378 e. The van der Waals surface area contributed by atoms with Gasteiger partial charge in [-0.2, -0.15) is 0 Å². The van der Waals surface area contributed by atoms with Gasteiger partial charge in [0.25, 0.3) is 5.91 Å². The molecule has 0 atom stereocenters. The number of thiocarbonyl (C=S) groups is 1. The molecule has 1 aromatic heterocycles. The van der Waals surface area contributed by atoms with Gasteiger partial charge in [0.15, 0.2) is 0 Å². The van der Waals surface area contributed by atoms with Crippen LogP contribution in [0.2, 0.25) is 0 Å². The zero-order valence-electron chi connectivity index (χ0n) is 18.6. The van der Waals surface area contributed by atoms with Crippen molar-refractivity contribution < 1.29 is 9.53 Å². The molecule has 0 unspecified atom stereocenters. The Balaban J connectivity index is 1.59. The van der Waals surface area contributed by atoms with Crippen LogP contribution in [0.4, 0.5) is 5.69 Å². The summed E-state index contributed by atoms with van der Waals surface area (Å²) in [7, 11) is 0. The summed E-state index contributed by atoms with van der Waals surface area (Å²) < 4.78 is 8.34. The molecule has 1 aromatic carbocycles. The standard InChI is InChI=1S/C24H29N3O2S2/c1-16(2)15-26-23(28)22(31-24(26)30)14-19-13-17(3)27(18(19)4)21-7-5-20(6-8-21)25-9-11-29-12-10-25/h5-8,13-14,16H,9-12,15H2,1-4H3/b22-14-. The molecule has 164 valence electrons. The highest BCUT2D eigenvalue weighted by molar-refractivity contribution is 8.26. The second-order valence-electron chi connectivity index (χ2n) is 8.46. The van der Waals surface area contributed by atoms with Gasteiger partial charge < -0.3 is 14.2 Å². The third-order valence-electron chi connectivity index (χ3n) is 5.66. The van der Waals surface area contributed by atoms with Crippen molar-refractivity contribution in [3.05, 3.63) is 52.2 Å². The van der Waals surface area contributed by atoms with Crippen molar-refractivity contribution in [1.82, 2.24) is 9.47 Å². The predicted octanol–water partition coefficient (Wildman–Crippen LogP) is 4.79. The minimum Gasteiger partial charge on any atom is -0.378 e. The lowest BCUT2D eigenvalue weighted by Gasteiger charge is -2.29. The molecule has 7 heteroatoms. The van der Waals surface area contributed by atoms with Gasteiger partial charge in [0.05, 0.1) is 18.1 Å². The Morgan fingerprint density at radius 3 is 2.42 bits per heavy atom. The fraction of sp³-hybridized carbons (Fsp3) is 0.417. The number of anilines is 1. The van der Waals surface area contributed by atoms with Gasteiger partial charge in [-0.1, -0.05) is 37.8 Å². The first-order valence-electron chi connectivity index (χ1n) is 10.7. The predicted molar refractivity (Wildman–Crippen MR) is 133 cm³/mol. The molecule has 3 heterocycles. The Bertz CT molecular complexity index is 1020. The fourth-order valence-corrected chi connectivity index (χ4v) is 5.39. The van der Waals surface area contributed by atoms with E-state index in [0.717, 1.165) is 48.9 Å². The van der Waals surface area contributed by atoms with E-state index < -0.39 is 0 Å². The van der Waals surface area contributed by atoms with Crippen molar-refractivity contribution in [2.24, 2.45) is 5.92 Å². The van der Waals surface area contributed by atoms with Crippen molar-refractivity contribution in [2.45, 2.75) is 27.7 Å². The van der Waals surface area contributed by atoms with Crippen molar-refractivity contribution in [2.75, 3.05) is 37.7 Å². The number of nitrogens with zero attached hydrogens (tertiary/aromatic N) is 3. The minimum atomic E-state index is 0.0170. The number of ether oxygens (including phenoxy) is 1. The van der Waals surface area contributed by atoms with E-state index in [4.69, 9.17) is 17.0 Å². The van der Waals surface area contributed by atoms with Crippen LogP contribution in [0.25, 0.3) is 11.8 Å². The number of rotatable bonds is 5. The van der Waals surface area contributed by atoms with Gasteiger partial charge in [0, 0.05) is 42.4 Å². The average molecular weight is 456 g/mol. The molecular formula is C24H29N3O2S2. The monoisotopic (exact) mass is 455 g/mol. The smallest absolute Gasteiger partial charge is 0.266 e. The second-order valence-corrected chi connectivity index (χ2v) is 10.1. The molecule has 2 aliphatic rings. The Morgan fingerprint density at radius 2 is 1.77 bits per heavy atom. The van der Waals surface area contributed by atoms with E-state index in [0.29, 0.717) is 21.7 Å². The van der Waals surface area contributed by atoms with Crippen molar-refractivity contribution in [1.29, 1.82) is 0 Å². The van der Waals surface area contributed by atoms with Crippen molar-refractivity contribution in [3.63, 3.8) is 0 Å². The lowest BCUT2D eigenvalue weighted by Crippen LogP contribution is -2.36. The number of benzene rings is 1. The van der Waals surface area contributed by atoms with E-state index in [1.54, 1.807) is 4.90 Å². The molecular weight excluding hydrogens is 426 g/mol. The van der Waals surface area contributed by atoms with Crippen LogP contribution < -0.4 is 4.90 Å². The molecule has 2 saturated heterocycles. The van der Waals surface area contributed by atoms with Gasteiger partial charge >= 0.3 is 0 Å². The normalized spacial score (nSPS) is 18.7. The van der Waals surface area contributed by atoms with Crippen molar-refractivity contribution in [3.8, 4) is 5.69 Å². The first kappa shape index (κ1) is 22.1. The molecule has 31 heavy (non-hydrogen) atoms. The SMILES string of the molecule is Cc1cc(/C=C2\SC(=S)N(CC(C)C)C2=O)c(C)n1-c1ccc(N2CCOCC2)cc1. The van der Waals surface area contributed by atoms with Crippen LogP contribution in [-0.2, 0) is 9.53 Å². The molecule has 5 nitrogen and oxygen atoms in total. The molecule has 0 radical (unpaired) electrons. The zero-order chi connectivity index (χ0) is 22.1. The van der Waals surface area contributed by atoms with Gasteiger partial charge in [-0.3, -0.25) is 9.69 Å². The summed E-state index contributed by atoms with van der Waals surface area (Å²) in [6.45, 7) is 12.5. The summed E-state index contributed by atoms with van der Waals surface area (Å²) in [5, 5.41) is 0. The Labute approximate surface area is 194 Å². The van der Waals surface area contributed by atoms with Crippen LogP contribution in [0.5, 0.6) is 0 Å². The molecule has 2 aromatic rings. The Hall–Kier alpha value is -2.09. The van der Waals surface area contributed by atoms with Gasteiger partial charge in [-0.05, 0) is 61.7 Å². The summed E-state index contributed by atoms with van der Waals surface area (Å²) in [5.74, 6) is 0.399. The quantitative estimate of drug-likeness (QED) is 0.479. The third-order valence-corrected chi connectivity index (χ3v) is 7.04. The number of aromatic nitrogens is 1. The van der Waals surface area contributed by atoms with Gasteiger partial charge in [-0.15, -0.1) is 0 Å². The maximum absolute atomic E-state index is 12.8. The molecule has 1 amide bonds. The second kappa shape index (κ2) is 9.18. The maximum atomic E-state index is 12.8. The number of morpholine rings is 1. The van der Waals surface area contributed by atoms with E-state index in [9.17, 15) is 4.79 Å². The van der Waals surface area contributed by atoms with Crippen LogP contribution in [0.3, 0.4) is 0 Å². The average Bonchev–Trinajstić information content (AvgIpc) is 3.18. The third kappa shape index (κ3) is 4.59. The molecule has 4 rings (SSSR count). The molecule has 0 saturated carbocycles. The number of hydrogen-bond acceptors (Lipinski definition) is 5. The molecule has 2 aliphatic heterocycles. The topological polar surface area (TPSA) is 37.7 Å². The highest BCUT2D eigenvalue weighted by atomic mass is 32.2. The summed E-state index contributed by atoms with van der Waals surface area (Å²) in [6.07, 6.45) is 1.99. The molecule has 0 spiro atoms. The van der Waals surface area contributed by atoms with E-state index in [1.165, 1.54) is 17.4 Å². The van der Waals surface area contributed by atoms with Crippen LogP contribution >= 0.6 is 24.0 Å². The van der Waals surface area contributed by atoms with Gasteiger partial charge in [0.1, 0.15) is 4.32 Å². The van der Waals surface area contributed by atoms with Crippen LogP contribution in [0, 0.1) is 19.8 Å². The Morgan fingerprint density at radius 1 is 1.13 bits per heavy atom. The maximum Gasteiger partial charge on any atom is 0.266 e. The van der Waals surface area contributed by atoms with E-state index in [-0.39, 0.29) is 5.91 Å². The molecule has 0 bridgehead atoms. The summed E-state index contributed by atoms with van der Waals surface area (Å²) in [5.41, 5.74) is 5.66. The van der Waals surface area contributed by atoms with Gasteiger partial charge in [0.2, 0.25) is 0 Å². The Kier molecular flexibility index (Phi) is 6.55. The highest BCUT2D eigenvalue weighted by Crippen LogP contribution is 2.34. The van der Waals surface area contributed by atoms with E-state index >= 15 is 0 Å². The van der Waals surface area contributed by atoms with E-state index in [2.05, 4.69) is 67.5 Å². The number of thioether (sulfide) groups is 1. The van der Waals surface area contributed by atoms with Crippen LogP contribution in [0.1, 0.15) is 30.8 Å². The lowest BCUT2D eigenvalue weighted by molar-refractivity contribution is -0.122. The first-order chi connectivity index (χ1) is 14.8. The van der Waals surface area contributed by atoms with Crippen LogP contribution in [0.15, 0.2) is 35.2 Å². The molecule has 0 aliphatic carbocycles. The first-order valence-corrected chi connectivity index (χ1v) is 11.9. The lowest BCUT2D eigenvalue weighted by atomic mass is 10.2. The number of hydrogen-bond donors (Lipinski definition) is 0. The number of aryl methyl sites for hydroxylation is 1. The number of carbonyl (C=O) groups excluding carboxylic acids is 1. The summed E-state index contributed by atoms with van der Waals surface area (Å²) in [6, 6.07) is 10.8. The minimum absolute atomic E-state index is 0.0170. The van der Waals surface area contributed by atoms with E-state index in [1.807, 2.05) is 6.08 Å². The number of carbonyl (C=O) groups is 1. The zero-order valence-corrected chi connectivity index (χ0v) is 20.2. The summed E-state index contributed by atoms with van der Waals surface area (Å²) in [4.78, 5) is 17.6. The molecule has 0 N–H and O–H groups in total. The number of amides is 1. The van der Waals surface area contributed by atoms with Crippen molar-refractivity contribution >= 4 is 46.0 Å². The summed E-state index contributed by atoms with van der Waals surface area (Å²) >= 11 is 6.85. The highest BCUT2D eigenvalue weighted by Gasteiger charge is 2.32. The molecule has 2 fully saturated rings. The van der Waals surface area contributed by atoms with Crippen LogP contribution in [-0.4, -0.2) is 52.5 Å². The van der Waals surface area contributed by atoms with Gasteiger partial charge in [-0.25, -0.2) is 0 Å². The fourth-order valence-electron chi connectivity index (χ4n) is 4.13.